The van der Waals surface area contributed by atoms with Crippen LogP contribution in [0.3, 0.4) is 0 Å². The quantitative estimate of drug-likeness (QED) is 0.910. The summed E-state index contributed by atoms with van der Waals surface area (Å²) >= 11 is 5.96. The van der Waals surface area contributed by atoms with Crippen molar-refractivity contribution in [1.82, 2.24) is 5.32 Å². The van der Waals surface area contributed by atoms with Gasteiger partial charge in [-0.1, -0.05) is 29.3 Å². The molecule has 0 radical (unpaired) electrons. The van der Waals surface area contributed by atoms with E-state index in [1.54, 1.807) is 12.1 Å². The zero-order chi connectivity index (χ0) is 14.8. The fourth-order valence-corrected chi connectivity index (χ4v) is 2.95. The second-order valence-electron chi connectivity index (χ2n) is 5.45. The van der Waals surface area contributed by atoms with Crippen LogP contribution < -0.4 is 10.2 Å². The van der Waals surface area contributed by atoms with E-state index >= 15 is 0 Å². The first-order valence-corrected chi connectivity index (χ1v) is 7.54. The topological polar surface area (TPSA) is 15.3 Å². The summed E-state index contributed by atoms with van der Waals surface area (Å²) in [6.45, 7) is 3.99. The van der Waals surface area contributed by atoms with Crippen LogP contribution >= 0.6 is 11.6 Å². The molecule has 1 N–H and O–H groups in total. The summed E-state index contributed by atoms with van der Waals surface area (Å²) in [6, 6.07) is 13.7. The number of hydrogen-bond donors (Lipinski definition) is 1. The Hall–Kier alpha value is -1.58. The number of nitrogens with zero attached hydrogens (tertiary/aromatic N) is 1. The largest absolute Gasteiger partial charge is 0.337 e. The van der Waals surface area contributed by atoms with Gasteiger partial charge in [-0.05, 0) is 50.2 Å². The van der Waals surface area contributed by atoms with Gasteiger partial charge in [-0.25, -0.2) is 4.39 Å². The lowest BCUT2D eigenvalue weighted by atomic mass is 10.1. The number of hydrogen-bond acceptors (Lipinski definition) is 2. The average Bonchev–Trinajstić information content (AvgIpc) is 2.99. The molecular formula is C17H18ClFN2. The normalized spacial score (nSPS) is 18.0. The third kappa shape index (κ3) is 3.04. The molecule has 1 aliphatic rings. The van der Waals surface area contributed by atoms with E-state index in [0.29, 0.717) is 6.04 Å². The van der Waals surface area contributed by atoms with Gasteiger partial charge in [0.2, 0.25) is 0 Å². The van der Waals surface area contributed by atoms with E-state index in [0.717, 1.165) is 30.9 Å². The van der Waals surface area contributed by atoms with E-state index in [2.05, 4.69) is 41.4 Å². The molecule has 1 saturated heterocycles. The molecule has 4 heteroatoms. The van der Waals surface area contributed by atoms with Gasteiger partial charge in [0, 0.05) is 24.0 Å². The predicted octanol–water partition coefficient (Wildman–Crippen LogP) is 4.29. The first-order valence-electron chi connectivity index (χ1n) is 7.17. The van der Waals surface area contributed by atoms with Crippen LogP contribution in [-0.4, -0.2) is 19.1 Å². The average molecular weight is 305 g/mol. The first kappa shape index (κ1) is 14.4. The Balaban J connectivity index is 2.02. The van der Waals surface area contributed by atoms with Gasteiger partial charge < -0.3 is 10.2 Å². The van der Waals surface area contributed by atoms with Crippen molar-refractivity contribution in [2.45, 2.75) is 19.4 Å². The third-order valence-electron chi connectivity index (χ3n) is 3.89. The molecule has 1 heterocycles. The Labute approximate surface area is 129 Å². The third-order valence-corrected chi connectivity index (χ3v) is 4.18. The number of rotatable bonds is 3. The summed E-state index contributed by atoms with van der Waals surface area (Å²) in [5.41, 5.74) is 3.26. The lowest BCUT2D eigenvalue weighted by Gasteiger charge is -2.31. The van der Waals surface area contributed by atoms with Crippen molar-refractivity contribution >= 4 is 23.0 Å². The Morgan fingerprint density at radius 1 is 1.14 bits per heavy atom. The molecule has 0 aromatic heterocycles. The van der Waals surface area contributed by atoms with Gasteiger partial charge in [-0.3, -0.25) is 0 Å². The molecule has 2 aromatic carbocycles. The molecule has 1 aliphatic heterocycles. The molecule has 2 nitrogen and oxygen atoms in total. The number of halogens is 2. The standard InChI is InChI=1S/C17H18ClFN2/c1-12-2-4-13(5-3-12)21(15-8-9-20-11-15)14-6-7-17(19)16(18)10-14/h2-7,10,15,20H,8-9,11H2,1H3/t15-/m0/s1. The smallest absolute Gasteiger partial charge is 0.141 e. The lowest BCUT2D eigenvalue weighted by Crippen LogP contribution is -2.32. The summed E-state index contributed by atoms with van der Waals surface area (Å²) in [7, 11) is 0. The Morgan fingerprint density at radius 2 is 1.86 bits per heavy atom. The molecule has 1 fully saturated rings. The van der Waals surface area contributed by atoms with Crippen molar-refractivity contribution in [1.29, 1.82) is 0 Å². The van der Waals surface area contributed by atoms with E-state index in [9.17, 15) is 4.39 Å². The van der Waals surface area contributed by atoms with Crippen LogP contribution in [0.4, 0.5) is 15.8 Å². The highest BCUT2D eigenvalue weighted by molar-refractivity contribution is 6.31. The minimum Gasteiger partial charge on any atom is -0.337 e. The Bertz CT molecular complexity index is 621. The number of aryl methyl sites for hydroxylation is 1. The highest BCUT2D eigenvalue weighted by atomic mass is 35.5. The van der Waals surface area contributed by atoms with Crippen LogP contribution in [0, 0.1) is 12.7 Å². The molecular weight excluding hydrogens is 287 g/mol. The van der Waals surface area contributed by atoms with Gasteiger partial charge in [0.25, 0.3) is 0 Å². The van der Waals surface area contributed by atoms with Crippen molar-refractivity contribution < 1.29 is 4.39 Å². The minimum absolute atomic E-state index is 0.163. The maximum absolute atomic E-state index is 13.4. The lowest BCUT2D eigenvalue weighted by molar-refractivity contribution is 0.627. The Kier molecular flexibility index (Phi) is 4.13. The van der Waals surface area contributed by atoms with E-state index in [1.165, 1.54) is 11.6 Å². The van der Waals surface area contributed by atoms with E-state index in [1.807, 2.05) is 0 Å². The summed E-state index contributed by atoms with van der Waals surface area (Å²) < 4.78 is 13.4. The molecule has 0 aliphatic carbocycles. The van der Waals surface area contributed by atoms with Gasteiger partial charge >= 0.3 is 0 Å². The molecule has 0 bridgehead atoms. The zero-order valence-corrected chi connectivity index (χ0v) is 12.7. The van der Waals surface area contributed by atoms with Crippen molar-refractivity contribution in [3.63, 3.8) is 0 Å². The monoisotopic (exact) mass is 304 g/mol. The molecule has 2 aromatic rings. The summed E-state index contributed by atoms with van der Waals surface area (Å²) in [6.07, 6.45) is 1.06. The fraction of sp³-hybridized carbons (Fsp3) is 0.294. The van der Waals surface area contributed by atoms with Crippen LogP contribution in [0.1, 0.15) is 12.0 Å². The van der Waals surface area contributed by atoms with Crippen LogP contribution in [0.5, 0.6) is 0 Å². The van der Waals surface area contributed by atoms with Crippen LogP contribution in [-0.2, 0) is 0 Å². The molecule has 0 spiro atoms. The summed E-state index contributed by atoms with van der Waals surface area (Å²) in [5.74, 6) is -0.381. The van der Waals surface area contributed by atoms with Crippen LogP contribution in [0.15, 0.2) is 42.5 Å². The van der Waals surface area contributed by atoms with Crippen molar-refractivity contribution in [3.8, 4) is 0 Å². The predicted molar refractivity (Wildman–Crippen MR) is 86.0 cm³/mol. The van der Waals surface area contributed by atoms with Crippen molar-refractivity contribution in [2.24, 2.45) is 0 Å². The zero-order valence-electron chi connectivity index (χ0n) is 11.9. The van der Waals surface area contributed by atoms with Crippen LogP contribution in [0.2, 0.25) is 5.02 Å². The van der Waals surface area contributed by atoms with E-state index < -0.39 is 0 Å². The molecule has 3 rings (SSSR count). The van der Waals surface area contributed by atoms with Crippen molar-refractivity contribution in [2.75, 3.05) is 18.0 Å². The molecule has 0 saturated carbocycles. The second-order valence-corrected chi connectivity index (χ2v) is 5.86. The molecule has 21 heavy (non-hydrogen) atoms. The van der Waals surface area contributed by atoms with Crippen molar-refractivity contribution in [3.05, 3.63) is 58.9 Å². The highest BCUT2D eigenvalue weighted by Crippen LogP contribution is 2.32. The first-order chi connectivity index (χ1) is 10.1. The maximum Gasteiger partial charge on any atom is 0.141 e. The SMILES string of the molecule is Cc1ccc(N(c2ccc(F)c(Cl)c2)[C@H]2CCNC2)cc1. The number of benzene rings is 2. The minimum atomic E-state index is -0.381. The van der Waals surface area contributed by atoms with Gasteiger partial charge in [-0.2, -0.15) is 0 Å². The number of nitrogens with one attached hydrogen (secondary N) is 1. The number of anilines is 2. The highest BCUT2D eigenvalue weighted by Gasteiger charge is 2.24. The van der Waals surface area contributed by atoms with Crippen LogP contribution in [0.25, 0.3) is 0 Å². The molecule has 1 atom stereocenters. The van der Waals surface area contributed by atoms with Gasteiger partial charge in [0.1, 0.15) is 5.82 Å². The van der Waals surface area contributed by atoms with Gasteiger partial charge in [0.05, 0.1) is 5.02 Å². The molecule has 0 amide bonds. The summed E-state index contributed by atoms with van der Waals surface area (Å²) in [5, 5.41) is 3.54. The molecule has 110 valence electrons. The summed E-state index contributed by atoms with van der Waals surface area (Å²) in [4.78, 5) is 2.24. The molecule has 0 unspecified atom stereocenters. The fourth-order valence-electron chi connectivity index (χ4n) is 2.77. The van der Waals surface area contributed by atoms with E-state index in [-0.39, 0.29) is 10.8 Å². The van der Waals surface area contributed by atoms with Gasteiger partial charge in [0.15, 0.2) is 0 Å². The van der Waals surface area contributed by atoms with Gasteiger partial charge in [-0.15, -0.1) is 0 Å². The van der Waals surface area contributed by atoms with E-state index in [4.69, 9.17) is 11.6 Å². The maximum atomic E-state index is 13.4. The second kappa shape index (κ2) is 6.04. The Morgan fingerprint density at radius 3 is 2.48 bits per heavy atom.